The number of methoxy groups -OCH3 is 2. The minimum atomic E-state index is -0.583. The maximum atomic E-state index is 14.2. The summed E-state index contributed by atoms with van der Waals surface area (Å²) < 4.78 is 14.8. The van der Waals surface area contributed by atoms with Crippen LogP contribution in [0.1, 0.15) is 41.6 Å². The maximum Gasteiger partial charge on any atom is 0.339 e. The molecule has 1 amide bonds. The molecule has 212 valence electrons. The molecule has 1 aliphatic rings. The van der Waals surface area contributed by atoms with Gasteiger partial charge in [0.1, 0.15) is 6.61 Å². The van der Waals surface area contributed by atoms with Crippen molar-refractivity contribution in [3.63, 3.8) is 0 Å². The summed E-state index contributed by atoms with van der Waals surface area (Å²) in [6.07, 6.45) is 6.52. The Morgan fingerprint density at radius 1 is 1.00 bits per heavy atom. The summed E-state index contributed by atoms with van der Waals surface area (Å²) in [5.41, 5.74) is 1.62. The number of ether oxygens (including phenoxy) is 3. The van der Waals surface area contributed by atoms with E-state index in [0.717, 1.165) is 18.2 Å². The Bertz CT molecular complexity index is 1350. The summed E-state index contributed by atoms with van der Waals surface area (Å²) in [6.45, 7) is 3.54. The van der Waals surface area contributed by atoms with Gasteiger partial charge in [0.15, 0.2) is 0 Å². The van der Waals surface area contributed by atoms with Gasteiger partial charge >= 0.3 is 17.9 Å². The van der Waals surface area contributed by atoms with Crippen LogP contribution in [0.15, 0.2) is 59.3 Å². The number of pyridine rings is 1. The Morgan fingerprint density at radius 3 is 2.40 bits per heavy atom. The maximum absolute atomic E-state index is 14.2. The molecule has 0 radical (unpaired) electrons. The van der Waals surface area contributed by atoms with Crippen molar-refractivity contribution in [2.24, 2.45) is 0 Å². The lowest BCUT2D eigenvalue weighted by molar-refractivity contribution is -0.138. The molecule has 1 heterocycles. The molecule has 0 N–H and O–H groups in total. The van der Waals surface area contributed by atoms with Gasteiger partial charge in [-0.05, 0) is 49.4 Å². The van der Waals surface area contributed by atoms with Crippen LogP contribution in [0.3, 0.4) is 0 Å². The summed E-state index contributed by atoms with van der Waals surface area (Å²) in [5.74, 6) is -2.08. The zero-order valence-electron chi connectivity index (χ0n) is 22.0. The Morgan fingerprint density at radius 2 is 1.73 bits per heavy atom. The molecule has 0 bridgehead atoms. The van der Waals surface area contributed by atoms with Gasteiger partial charge in [0.05, 0.1) is 47.8 Å². The van der Waals surface area contributed by atoms with Crippen LogP contribution in [0.5, 0.6) is 0 Å². The molecule has 1 aliphatic carbocycles. The first-order valence-electron chi connectivity index (χ1n) is 12.2. The van der Waals surface area contributed by atoms with Crippen molar-refractivity contribution in [3.8, 4) is 0 Å². The normalized spacial score (nSPS) is 12.9. The second-order valence-corrected chi connectivity index (χ2v) is 10.4. The Hall–Kier alpha value is -3.34. The predicted molar refractivity (Wildman–Crippen MR) is 153 cm³/mol. The molecule has 12 heteroatoms. The zero-order valence-corrected chi connectivity index (χ0v) is 24.4. The minimum Gasteiger partial charge on any atom is -0.468 e. The fourth-order valence-corrected chi connectivity index (χ4v) is 5.47. The monoisotopic (exact) mass is 606 g/mol. The fraction of sp³-hybridized carbons (Fsp3) is 0.321. The second-order valence-electron chi connectivity index (χ2n) is 8.61. The highest BCUT2D eigenvalue weighted by Crippen LogP contribution is 2.39. The van der Waals surface area contributed by atoms with Crippen molar-refractivity contribution in [2.45, 2.75) is 37.1 Å². The van der Waals surface area contributed by atoms with Gasteiger partial charge < -0.3 is 19.1 Å². The summed E-state index contributed by atoms with van der Waals surface area (Å²) in [4.78, 5) is 56.9. The van der Waals surface area contributed by atoms with Crippen LogP contribution >= 0.6 is 35.0 Å². The van der Waals surface area contributed by atoms with Crippen LogP contribution in [-0.4, -0.2) is 55.4 Å². The third-order valence-corrected chi connectivity index (χ3v) is 7.73. The first-order valence-corrected chi connectivity index (χ1v) is 14.0. The van der Waals surface area contributed by atoms with E-state index in [2.05, 4.69) is 11.6 Å². The van der Waals surface area contributed by atoms with Gasteiger partial charge in [0, 0.05) is 28.4 Å². The molecule has 0 fully saturated rings. The number of rotatable bonds is 11. The summed E-state index contributed by atoms with van der Waals surface area (Å²) >= 11 is 14.1. The van der Waals surface area contributed by atoms with E-state index in [-0.39, 0.29) is 34.5 Å². The number of halogens is 2. The highest BCUT2D eigenvalue weighted by molar-refractivity contribution is 8.00. The van der Waals surface area contributed by atoms with Crippen molar-refractivity contribution >= 4 is 64.5 Å². The van der Waals surface area contributed by atoms with Gasteiger partial charge in [0.2, 0.25) is 0 Å². The van der Waals surface area contributed by atoms with Gasteiger partial charge in [-0.25, -0.2) is 9.59 Å². The number of aromatic nitrogens is 1. The molecule has 0 unspecified atom stereocenters. The van der Waals surface area contributed by atoms with Crippen molar-refractivity contribution in [1.82, 2.24) is 4.98 Å². The first-order chi connectivity index (χ1) is 19.2. The Kier molecular flexibility index (Phi) is 11.6. The van der Waals surface area contributed by atoms with E-state index in [1.165, 1.54) is 43.7 Å². The van der Waals surface area contributed by atoms with Crippen molar-refractivity contribution in [2.75, 3.05) is 31.5 Å². The lowest BCUT2D eigenvalue weighted by atomic mass is 9.90. The van der Waals surface area contributed by atoms with Crippen molar-refractivity contribution < 1.29 is 33.4 Å². The summed E-state index contributed by atoms with van der Waals surface area (Å²) in [5, 5.41) is 0.458. The van der Waals surface area contributed by atoms with Crippen molar-refractivity contribution in [1.29, 1.82) is 0 Å². The number of thioether (sulfide) groups is 1. The van der Waals surface area contributed by atoms with E-state index in [1.807, 2.05) is 0 Å². The zero-order chi connectivity index (χ0) is 29.2. The van der Waals surface area contributed by atoms with E-state index in [9.17, 15) is 19.2 Å². The van der Waals surface area contributed by atoms with Crippen LogP contribution in [0.4, 0.5) is 5.69 Å². The van der Waals surface area contributed by atoms with Gasteiger partial charge in [-0.1, -0.05) is 35.9 Å². The fourth-order valence-electron chi connectivity index (χ4n) is 4.04. The number of hydrogen-bond donors (Lipinski definition) is 0. The number of carbonyl (C=O) groups excluding carboxylic acids is 4. The molecule has 1 aromatic heterocycles. The number of esters is 3. The summed E-state index contributed by atoms with van der Waals surface area (Å²) in [6, 6.07) is 4.65. The van der Waals surface area contributed by atoms with E-state index in [1.54, 1.807) is 12.1 Å². The standard InChI is InChI=1S/C28H28Cl2N2O7S/c1-4-9-39-28(36)20-8-6-5-7-19(20)26(34)32(15-17-10-18(14-31-13-17)27(35)38-3)23-12-24(22(30)11-21(23)29)40-16-25(33)37-2/h4,10-14H,1,5-9,15-16H2,2-3H3. The number of benzene rings is 1. The van der Waals surface area contributed by atoms with Crippen LogP contribution in [-0.2, 0) is 35.1 Å². The largest absolute Gasteiger partial charge is 0.468 e. The van der Waals surface area contributed by atoms with Crippen LogP contribution < -0.4 is 4.90 Å². The number of anilines is 1. The molecule has 0 saturated carbocycles. The molecule has 0 atom stereocenters. The average Bonchev–Trinajstić information content (AvgIpc) is 2.97. The average molecular weight is 608 g/mol. The van der Waals surface area contributed by atoms with Gasteiger partial charge in [-0.2, -0.15) is 0 Å². The number of carbonyl (C=O) groups is 4. The van der Waals surface area contributed by atoms with Gasteiger partial charge in [-0.15, -0.1) is 11.8 Å². The molecule has 9 nitrogen and oxygen atoms in total. The topological polar surface area (TPSA) is 112 Å². The molecule has 0 spiro atoms. The van der Waals surface area contributed by atoms with Crippen LogP contribution in [0.2, 0.25) is 10.0 Å². The smallest absolute Gasteiger partial charge is 0.339 e. The molecule has 1 aromatic carbocycles. The SMILES string of the molecule is C=CCOC(=O)C1=C(C(=O)N(Cc2cncc(C(=O)OC)c2)c2cc(SCC(=O)OC)c(Cl)cc2Cl)CCCC1. The highest BCUT2D eigenvalue weighted by atomic mass is 35.5. The Balaban J connectivity index is 2.12. The number of hydrogen-bond acceptors (Lipinski definition) is 9. The first kappa shape index (κ1) is 31.2. The molecule has 3 rings (SSSR count). The molecule has 0 saturated heterocycles. The van der Waals surface area contributed by atoms with Gasteiger partial charge in [-0.3, -0.25) is 14.6 Å². The summed E-state index contributed by atoms with van der Waals surface area (Å²) in [7, 11) is 2.54. The Labute approximate surface area is 246 Å². The lowest BCUT2D eigenvalue weighted by Crippen LogP contribution is -2.34. The predicted octanol–water partition coefficient (Wildman–Crippen LogP) is 5.57. The van der Waals surface area contributed by atoms with E-state index in [4.69, 9.17) is 37.4 Å². The van der Waals surface area contributed by atoms with Crippen molar-refractivity contribution in [3.05, 3.63) is 75.6 Å². The minimum absolute atomic E-state index is 0.0131. The number of amides is 1. The van der Waals surface area contributed by atoms with E-state index in [0.29, 0.717) is 46.6 Å². The molecular formula is C28H28Cl2N2O7S. The molecule has 0 aliphatic heterocycles. The quantitative estimate of drug-likeness (QED) is 0.140. The van der Waals surface area contributed by atoms with E-state index < -0.39 is 23.8 Å². The number of nitrogens with zero attached hydrogens (tertiary/aromatic N) is 2. The highest BCUT2D eigenvalue weighted by Gasteiger charge is 2.30. The second kappa shape index (κ2) is 14.9. The molecular weight excluding hydrogens is 579 g/mol. The molecule has 40 heavy (non-hydrogen) atoms. The third-order valence-electron chi connectivity index (χ3n) is 5.97. The van der Waals surface area contributed by atoms with E-state index >= 15 is 0 Å². The molecule has 2 aromatic rings. The van der Waals surface area contributed by atoms with Gasteiger partial charge in [0.25, 0.3) is 5.91 Å². The third kappa shape index (κ3) is 7.87. The van der Waals surface area contributed by atoms with Crippen LogP contribution in [0, 0.1) is 0 Å². The van der Waals surface area contributed by atoms with Crippen LogP contribution in [0.25, 0.3) is 0 Å². The lowest BCUT2D eigenvalue weighted by Gasteiger charge is -2.28.